The van der Waals surface area contributed by atoms with E-state index in [9.17, 15) is 14.4 Å². The molecule has 4 rings (SSSR count). The molecule has 1 saturated carbocycles. The van der Waals surface area contributed by atoms with Crippen molar-refractivity contribution in [1.82, 2.24) is 20.2 Å². The molecule has 0 aromatic carbocycles. The van der Waals surface area contributed by atoms with Crippen LogP contribution in [-0.4, -0.2) is 52.2 Å². The molecule has 0 bridgehead atoms. The number of aromatic nitrogens is 2. The second-order valence-electron chi connectivity index (χ2n) is 9.16. The molecule has 0 spiro atoms. The van der Waals surface area contributed by atoms with E-state index in [0.717, 1.165) is 42.9 Å². The van der Waals surface area contributed by atoms with Gasteiger partial charge in [0.05, 0.1) is 19.0 Å². The lowest BCUT2D eigenvalue weighted by Crippen LogP contribution is -2.44. The summed E-state index contributed by atoms with van der Waals surface area (Å²) in [6.07, 6.45) is 9.19. The van der Waals surface area contributed by atoms with Crippen molar-refractivity contribution in [2.24, 2.45) is 5.92 Å². The minimum absolute atomic E-state index is 0.0119. The van der Waals surface area contributed by atoms with E-state index in [4.69, 9.17) is 9.97 Å². The summed E-state index contributed by atoms with van der Waals surface area (Å²) in [6, 6.07) is -0.216. The number of fused-ring (bicyclic) bond motifs is 1. The van der Waals surface area contributed by atoms with Gasteiger partial charge in [0.15, 0.2) is 5.82 Å². The van der Waals surface area contributed by atoms with Crippen LogP contribution >= 0.6 is 0 Å². The Morgan fingerprint density at radius 2 is 1.81 bits per heavy atom. The van der Waals surface area contributed by atoms with E-state index in [-0.39, 0.29) is 30.3 Å². The molecule has 0 radical (unpaired) electrons. The van der Waals surface area contributed by atoms with Gasteiger partial charge in [-0.3, -0.25) is 19.3 Å². The summed E-state index contributed by atoms with van der Waals surface area (Å²) >= 11 is 0. The highest BCUT2D eigenvalue weighted by Gasteiger charge is 2.36. The predicted octanol–water partition coefficient (Wildman–Crippen LogP) is 2.44. The summed E-state index contributed by atoms with van der Waals surface area (Å²) in [5, 5.41) is 2.60. The summed E-state index contributed by atoms with van der Waals surface area (Å²) in [7, 11) is 0. The van der Waals surface area contributed by atoms with Crippen molar-refractivity contribution in [3.05, 3.63) is 17.1 Å². The predicted molar refractivity (Wildman–Crippen MR) is 116 cm³/mol. The summed E-state index contributed by atoms with van der Waals surface area (Å²) in [6.45, 7) is 4.70. The summed E-state index contributed by atoms with van der Waals surface area (Å²) in [5.74, 6) is 1.68. The van der Waals surface area contributed by atoms with Gasteiger partial charge in [-0.15, -0.1) is 0 Å². The molecule has 1 atom stereocenters. The van der Waals surface area contributed by atoms with Crippen molar-refractivity contribution in [2.75, 3.05) is 24.5 Å². The van der Waals surface area contributed by atoms with Crippen molar-refractivity contribution < 1.29 is 14.4 Å². The van der Waals surface area contributed by atoms with Crippen molar-refractivity contribution in [1.29, 1.82) is 0 Å². The number of piperidine rings is 1. The fourth-order valence-electron chi connectivity index (χ4n) is 5.16. The first-order chi connectivity index (χ1) is 14.9. The zero-order valence-corrected chi connectivity index (χ0v) is 18.7. The number of hydrogen-bond donors (Lipinski definition) is 1. The first-order valence-electron chi connectivity index (χ1n) is 11.7. The van der Waals surface area contributed by atoms with Crippen molar-refractivity contribution in [3.63, 3.8) is 0 Å². The molecule has 0 unspecified atom stereocenters. The number of likely N-dealkylation sites (tertiary alicyclic amines) is 1. The van der Waals surface area contributed by atoms with Crippen LogP contribution in [0.4, 0.5) is 5.82 Å². The van der Waals surface area contributed by atoms with Crippen LogP contribution in [0.1, 0.15) is 81.4 Å². The molecule has 1 saturated heterocycles. The van der Waals surface area contributed by atoms with Crippen molar-refractivity contribution in [2.45, 2.75) is 77.7 Å². The topological polar surface area (TPSA) is 95.5 Å². The zero-order valence-electron chi connectivity index (χ0n) is 18.7. The molecule has 3 aliphatic rings. The summed E-state index contributed by atoms with van der Waals surface area (Å²) in [5.41, 5.74) is 1.76. The molecule has 1 N–H and O–H groups in total. The molecule has 2 aliphatic heterocycles. The number of nitrogens with one attached hydrogen (secondary N) is 1. The second kappa shape index (κ2) is 9.32. The van der Waals surface area contributed by atoms with Gasteiger partial charge in [-0.05, 0) is 44.9 Å². The zero-order chi connectivity index (χ0) is 22.0. The van der Waals surface area contributed by atoms with Crippen LogP contribution in [0, 0.1) is 12.8 Å². The van der Waals surface area contributed by atoms with Crippen LogP contribution in [0.3, 0.4) is 0 Å². The van der Waals surface area contributed by atoms with Crippen LogP contribution in [0.15, 0.2) is 0 Å². The third kappa shape index (κ3) is 4.72. The first-order valence-corrected chi connectivity index (χ1v) is 11.7. The lowest BCUT2D eigenvalue weighted by molar-refractivity contribution is -0.136. The summed E-state index contributed by atoms with van der Waals surface area (Å²) in [4.78, 5) is 50.1. The number of anilines is 1. The molecule has 8 heteroatoms. The Morgan fingerprint density at radius 3 is 2.55 bits per heavy atom. The molecule has 3 amide bonds. The highest BCUT2D eigenvalue weighted by atomic mass is 16.2. The van der Waals surface area contributed by atoms with E-state index in [1.807, 2.05) is 11.8 Å². The lowest BCUT2D eigenvalue weighted by Gasteiger charge is -2.35. The number of rotatable bonds is 5. The quantitative estimate of drug-likeness (QED) is 0.779. The molecular weight excluding hydrogens is 394 g/mol. The number of carbonyl (C=O) groups is 3. The van der Waals surface area contributed by atoms with E-state index in [1.54, 1.807) is 4.90 Å². The molecule has 2 fully saturated rings. The van der Waals surface area contributed by atoms with Gasteiger partial charge in [-0.25, -0.2) is 9.97 Å². The minimum Gasteiger partial charge on any atom is -0.347 e. The van der Waals surface area contributed by atoms with Gasteiger partial charge in [0.25, 0.3) is 0 Å². The molecule has 3 heterocycles. The average molecular weight is 428 g/mol. The molecule has 1 aromatic rings. The Labute approximate surface area is 183 Å². The first kappa shape index (κ1) is 21.7. The molecule has 1 aromatic heterocycles. The van der Waals surface area contributed by atoms with Gasteiger partial charge in [0, 0.05) is 31.3 Å². The Balaban J connectivity index is 1.59. The van der Waals surface area contributed by atoms with E-state index < -0.39 is 0 Å². The molecule has 1 aliphatic carbocycles. The van der Waals surface area contributed by atoms with Crippen molar-refractivity contribution >= 4 is 23.5 Å². The Bertz CT molecular complexity index is 865. The molecule has 31 heavy (non-hydrogen) atoms. The fourth-order valence-corrected chi connectivity index (χ4v) is 5.16. The maximum absolute atomic E-state index is 12.8. The van der Waals surface area contributed by atoms with E-state index in [2.05, 4.69) is 5.32 Å². The molecule has 168 valence electrons. The number of carbonyl (C=O) groups excluding carboxylic acids is 3. The van der Waals surface area contributed by atoms with Gasteiger partial charge < -0.3 is 10.2 Å². The van der Waals surface area contributed by atoms with Crippen molar-refractivity contribution in [3.8, 4) is 0 Å². The monoisotopic (exact) mass is 427 g/mol. The number of hydrogen-bond acceptors (Lipinski definition) is 5. The van der Waals surface area contributed by atoms with Gasteiger partial charge in [0.1, 0.15) is 5.82 Å². The van der Waals surface area contributed by atoms with Gasteiger partial charge in [-0.2, -0.15) is 0 Å². The second-order valence-corrected chi connectivity index (χ2v) is 9.16. The van der Waals surface area contributed by atoms with Crippen LogP contribution in [-0.2, 0) is 20.8 Å². The van der Waals surface area contributed by atoms with Crippen LogP contribution in [0.5, 0.6) is 0 Å². The normalized spacial score (nSPS) is 21.9. The SMILES string of the molecule is CC(=O)NCC(=O)N1CCCC[C@H]1c1nc(C)c2c(n1)N(CC1CCCCC1)C(=O)C2. The standard InChI is InChI=1S/C23H33N5O3/c1-15-18-12-20(30)28(14-17-8-4-3-5-9-17)23(18)26-22(25-15)19-10-6-7-11-27(19)21(31)13-24-16(2)29/h17,19H,3-14H2,1-2H3,(H,24,29)/t19-/m0/s1. The maximum atomic E-state index is 12.8. The van der Waals surface area contributed by atoms with Gasteiger partial charge in [-0.1, -0.05) is 19.3 Å². The van der Waals surface area contributed by atoms with E-state index >= 15 is 0 Å². The molecule has 8 nitrogen and oxygen atoms in total. The number of nitrogens with zero attached hydrogens (tertiary/aromatic N) is 4. The highest BCUT2D eigenvalue weighted by Crippen LogP contribution is 2.36. The van der Waals surface area contributed by atoms with Crippen LogP contribution < -0.4 is 10.2 Å². The third-order valence-electron chi connectivity index (χ3n) is 6.87. The lowest BCUT2D eigenvalue weighted by atomic mass is 9.89. The number of amides is 3. The van der Waals surface area contributed by atoms with E-state index in [0.29, 0.717) is 24.7 Å². The Kier molecular flexibility index (Phi) is 6.53. The fraction of sp³-hybridized carbons (Fsp3) is 0.696. The third-order valence-corrected chi connectivity index (χ3v) is 6.87. The van der Waals surface area contributed by atoms with Crippen LogP contribution in [0.2, 0.25) is 0 Å². The summed E-state index contributed by atoms with van der Waals surface area (Å²) < 4.78 is 0. The smallest absolute Gasteiger partial charge is 0.242 e. The number of aryl methyl sites for hydroxylation is 1. The Hall–Kier alpha value is -2.51. The van der Waals surface area contributed by atoms with Gasteiger partial charge in [0.2, 0.25) is 17.7 Å². The minimum atomic E-state index is -0.219. The maximum Gasteiger partial charge on any atom is 0.242 e. The molecular formula is C23H33N5O3. The highest BCUT2D eigenvalue weighted by molar-refractivity contribution is 6.00. The van der Waals surface area contributed by atoms with Gasteiger partial charge >= 0.3 is 0 Å². The largest absolute Gasteiger partial charge is 0.347 e. The van der Waals surface area contributed by atoms with Crippen LogP contribution in [0.25, 0.3) is 0 Å². The Morgan fingerprint density at radius 1 is 1.06 bits per heavy atom. The average Bonchev–Trinajstić information content (AvgIpc) is 3.08. The van der Waals surface area contributed by atoms with E-state index in [1.165, 1.54) is 39.0 Å².